The van der Waals surface area contributed by atoms with Crippen molar-refractivity contribution in [3.8, 4) is 11.6 Å². The molecule has 2 heterocycles. The van der Waals surface area contributed by atoms with Gasteiger partial charge in [0.15, 0.2) is 17.3 Å². The number of rotatable bonds is 6. The number of methoxy groups -OCH3 is 1. The standard InChI is InChI=1S/C26H20FN3O3/c1-16-12-19-20(30-16)9-11-23(25(19)27)33-26-18-8-10-22(31-2)24(13-21(18)28-15-29-26)32-14-17-6-4-3-5-7-17/h3-9,11-13,15,30H,14H2,1-2H3. The molecule has 33 heavy (non-hydrogen) atoms. The van der Waals surface area contributed by atoms with Crippen LogP contribution in [-0.4, -0.2) is 22.1 Å². The maximum atomic E-state index is 15.1. The quantitative estimate of drug-likeness (QED) is 0.377. The Balaban J connectivity index is 1.49. The third kappa shape index (κ3) is 4.10. The molecule has 164 valence electrons. The van der Waals surface area contributed by atoms with E-state index in [0.717, 1.165) is 11.3 Å². The van der Waals surface area contributed by atoms with Crippen LogP contribution in [0.1, 0.15) is 22.5 Å². The highest BCUT2D eigenvalue weighted by atomic mass is 19.1. The van der Waals surface area contributed by atoms with E-state index in [1.54, 1.807) is 37.5 Å². The molecule has 0 radical (unpaired) electrons. The van der Waals surface area contributed by atoms with Gasteiger partial charge in [-0.15, -0.1) is 0 Å². The highest BCUT2D eigenvalue weighted by Gasteiger charge is 2.19. The Hall–Kier alpha value is -4.35. The topological polar surface area (TPSA) is 69.3 Å². The fraction of sp³-hybridized carbons (Fsp3) is 0.115. The van der Waals surface area contributed by atoms with E-state index in [-0.39, 0.29) is 11.6 Å². The summed E-state index contributed by atoms with van der Waals surface area (Å²) < 4.78 is 32.4. The third-order valence-electron chi connectivity index (χ3n) is 5.20. The Labute approximate surface area is 189 Å². The molecular formula is C26H20FN3O3. The molecule has 6 nitrogen and oxygen atoms in total. The number of H-pyrrole nitrogens is 1. The number of aromatic nitrogens is 3. The number of nitrogens with zero attached hydrogens (tertiary/aromatic N) is 2. The van der Waals surface area contributed by atoms with E-state index in [0.29, 0.717) is 40.3 Å². The van der Waals surface area contributed by atoms with Gasteiger partial charge in [0.05, 0.1) is 18.4 Å². The summed E-state index contributed by atoms with van der Waals surface area (Å²) in [6, 6.07) is 14.9. The molecular weight excluding hydrogens is 421 g/mol. The maximum absolute atomic E-state index is 15.1. The predicted octanol–water partition coefficient (Wildman–Crippen LogP) is 5.91. The number of nitrogens with one attached hydrogen (secondary N) is 1. The van der Waals surface area contributed by atoms with Crippen LogP contribution in [0.15, 0.2) is 72.1 Å². The first-order valence-corrected chi connectivity index (χ1v) is 10.3. The van der Waals surface area contributed by atoms with Gasteiger partial charge >= 0.3 is 0 Å². The second-order valence-corrected chi connectivity index (χ2v) is 7.48. The zero-order valence-corrected chi connectivity index (χ0v) is 18.1. The molecule has 0 atom stereocenters. The van der Waals surface area contributed by atoms with Gasteiger partial charge in [-0.2, -0.15) is 0 Å². The Morgan fingerprint density at radius 1 is 1.09 bits per heavy atom. The van der Waals surface area contributed by atoms with Crippen molar-refractivity contribution in [2.45, 2.75) is 13.5 Å². The fourth-order valence-corrected chi connectivity index (χ4v) is 3.60. The molecule has 2 aromatic carbocycles. The Morgan fingerprint density at radius 2 is 1.94 bits per heavy atom. The van der Waals surface area contributed by atoms with Gasteiger partial charge in [-0.3, -0.25) is 0 Å². The van der Waals surface area contributed by atoms with E-state index in [4.69, 9.17) is 14.2 Å². The lowest BCUT2D eigenvalue weighted by molar-refractivity contribution is 0.169. The summed E-state index contributed by atoms with van der Waals surface area (Å²) >= 11 is 0. The van der Waals surface area contributed by atoms with E-state index in [1.807, 2.05) is 37.3 Å². The predicted molar refractivity (Wildman–Crippen MR) is 123 cm³/mol. The molecule has 5 rings (SSSR count). The SMILES string of the molecule is COC1=C=Cc2c(ncnc2Oc2ccc3[nH]c(C)cc3c2F)C=C1OCc1ccccc1. The number of hydrogen-bond donors (Lipinski definition) is 1. The van der Waals surface area contributed by atoms with Crippen molar-refractivity contribution >= 4 is 23.1 Å². The largest absolute Gasteiger partial charge is 0.486 e. The summed E-state index contributed by atoms with van der Waals surface area (Å²) in [5, 5.41) is 0.457. The minimum Gasteiger partial charge on any atom is -0.486 e. The van der Waals surface area contributed by atoms with Gasteiger partial charge in [-0.05, 0) is 36.8 Å². The molecule has 0 saturated carbocycles. The van der Waals surface area contributed by atoms with Gasteiger partial charge in [0.1, 0.15) is 12.9 Å². The molecule has 4 aromatic rings. The van der Waals surface area contributed by atoms with Crippen molar-refractivity contribution in [1.29, 1.82) is 0 Å². The fourth-order valence-electron chi connectivity index (χ4n) is 3.60. The van der Waals surface area contributed by atoms with E-state index in [1.165, 1.54) is 6.33 Å². The first kappa shape index (κ1) is 20.5. The van der Waals surface area contributed by atoms with Crippen LogP contribution in [0, 0.1) is 12.7 Å². The Morgan fingerprint density at radius 3 is 2.76 bits per heavy atom. The minimum atomic E-state index is -0.461. The first-order valence-electron chi connectivity index (χ1n) is 10.3. The van der Waals surface area contributed by atoms with Crippen molar-refractivity contribution in [2.24, 2.45) is 0 Å². The van der Waals surface area contributed by atoms with Crippen LogP contribution >= 0.6 is 0 Å². The number of fused-ring (bicyclic) bond motifs is 2. The van der Waals surface area contributed by atoms with Crippen molar-refractivity contribution in [2.75, 3.05) is 7.11 Å². The van der Waals surface area contributed by atoms with Gasteiger partial charge in [0.25, 0.3) is 0 Å². The van der Waals surface area contributed by atoms with E-state index in [9.17, 15) is 0 Å². The van der Waals surface area contributed by atoms with E-state index >= 15 is 4.39 Å². The average Bonchev–Trinajstić information content (AvgIpc) is 3.12. The number of benzene rings is 2. The van der Waals surface area contributed by atoms with Crippen LogP contribution < -0.4 is 4.74 Å². The van der Waals surface area contributed by atoms with Gasteiger partial charge in [0, 0.05) is 22.7 Å². The van der Waals surface area contributed by atoms with Crippen LogP contribution in [-0.2, 0) is 16.1 Å². The molecule has 0 saturated heterocycles. The second kappa shape index (κ2) is 8.65. The maximum Gasteiger partial charge on any atom is 0.230 e. The smallest absolute Gasteiger partial charge is 0.230 e. The summed E-state index contributed by atoms with van der Waals surface area (Å²) in [5.74, 6) is 0.689. The monoisotopic (exact) mass is 441 g/mol. The minimum absolute atomic E-state index is 0.0699. The molecule has 0 aliphatic heterocycles. The molecule has 7 heteroatoms. The van der Waals surface area contributed by atoms with Crippen LogP contribution in [0.25, 0.3) is 23.1 Å². The summed E-state index contributed by atoms with van der Waals surface area (Å²) in [5.41, 5.74) is 6.73. The van der Waals surface area contributed by atoms with Crippen LogP contribution in [0.3, 0.4) is 0 Å². The Bertz CT molecular complexity index is 1430. The third-order valence-corrected chi connectivity index (χ3v) is 5.20. The number of hydrogen-bond acceptors (Lipinski definition) is 5. The van der Waals surface area contributed by atoms with E-state index in [2.05, 4.69) is 20.7 Å². The van der Waals surface area contributed by atoms with Gasteiger partial charge in [0.2, 0.25) is 11.6 Å². The van der Waals surface area contributed by atoms with Gasteiger partial charge in [-0.25, -0.2) is 14.4 Å². The van der Waals surface area contributed by atoms with Crippen molar-refractivity contribution in [3.05, 3.63) is 100 Å². The highest BCUT2D eigenvalue weighted by Crippen LogP contribution is 2.33. The first-order chi connectivity index (χ1) is 16.1. The summed E-state index contributed by atoms with van der Waals surface area (Å²) in [6.07, 6.45) is 4.75. The van der Waals surface area contributed by atoms with Crippen LogP contribution in [0.5, 0.6) is 11.6 Å². The van der Waals surface area contributed by atoms with Gasteiger partial charge < -0.3 is 19.2 Å². The highest BCUT2D eigenvalue weighted by molar-refractivity contribution is 5.83. The summed E-state index contributed by atoms with van der Waals surface area (Å²) in [7, 11) is 1.54. The Kier molecular flexibility index (Phi) is 5.39. The normalized spacial score (nSPS) is 12.6. The summed E-state index contributed by atoms with van der Waals surface area (Å²) in [4.78, 5) is 11.7. The molecule has 0 spiro atoms. The second-order valence-electron chi connectivity index (χ2n) is 7.48. The average molecular weight is 441 g/mol. The molecule has 0 fully saturated rings. The molecule has 1 aliphatic carbocycles. The van der Waals surface area contributed by atoms with Crippen molar-refractivity contribution < 1.29 is 18.6 Å². The molecule has 1 N–H and O–H groups in total. The van der Waals surface area contributed by atoms with E-state index < -0.39 is 5.82 Å². The van der Waals surface area contributed by atoms with Crippen molar-refractivity contribution in [3.63, 3.8) is 0 Å². The van der Waals surface area contributed by atoms with Crippen LogP contribution in [0.4, 0.5) is 4.39 Å². The lowest BCUT2D eigenvalue weighted by atomic mass is 10.2. The molecule has 1 aliphatic rings. The lowest BCUT2D eigenvalue weighted by Gasteiger charge is -2.12. The molecule has 0 unspecified atom stereocenters. The molecule has 0 amide bonds. The summed E-state index contributed by atoms with van der Waals surface area (Å²) in [6.45, 7) is 2.23. The zero-order valence-electron chi connectivity index (χ0n) is 18.1. The molecule has 2 aromatic heterocycles. The number of aryl methyl sites for hydroxylation is 1. The van der Waals surface area contributed by atoms with Crippen molar-refractivity contribution in [1.82, 2.24) is 15.0 Å². The van der Waals surface area contributed by atoms with Crippen LogP contribution in [0.2, 0.25) is 0 Å². The molecule has 0 bridgehead atoms. The van der Waals surface area contributed by atoms with Gasteiger partial charge in [-0.1, -0.05) is 36.1 Å². The number of halogens is 1. The lowest BCUT2D eigenvalue weighted by Crippen LogP contribution is -2.00. The number of aromatic amines is 1. The number of ether oxygens (including phenoxy) is 3. The zero-order chi connectivity index (χ0) is 22.8.